The summed E-state index contributed by atoms with van der Waals surface area (Å²) < 4.78 is 4.67. The van der Waals surface area contributed by atoms with Gasteiger partial charge in [0.25, 0.3) is 0 Å². The van der Waals surface area contributed by atoms with Crippen molar-refractivity contribution in [3.63, 3.8) is 0 Å². The highest BCUT2D eigenvalue weighted by atomic mass is 15.0. The average Bonchev–Trinajstić information content (AvgIpc) is 3.87. The zero-order valence-corrected chi connectivity index (χ0v) is 33.5. The Morgan fingerprint density at radius 2 is 0.532 bits per heavy atom. The number of fused-ring (bicyclic) bond motifs is 6. The van der Waals surface area contributed by atoms with Gasteiger partial charge in [0.1, 0.15) is 0 Å². The van der Waals surface area contributed by atoms with E-state index in [1.807, 2.05) is 36.4 Å². The summed E-state index contributed by atoms with van der Waals surface area (Å²) in [5.74, 6) is 0.891. The van der Waals surface area contributed by atoms with Crippen LogP contribution in [0.25, 0.3) is 112 Å². The van der Waals surface area contributed by atoms with Crippen LogP contribution in [0.2, 0.25) is 0 Å². The molecular weight excluding hydrogens is 757 g/mol. The Morgan fingerprint density at radius 3 is 0.887 bits per heavy atom. The van der Waals surface area contributed by atoms with Gasteiger partial charge >= 0.3 is 0 Å². The van der Waals surface area contributed by atoms with Crippen molar-refractivity contribution in [3.8, 4) is 68.1 Å². The van der Waals surface area contributed by atoms with Crippen molar-refractivity contribution in [2.75, 3.05) is 0 Å². The van der Waals surface area contributed by atoms with Gasteiger partial charge in [-0.05, 0) is 60.7 Å². The zero-order chi connectivity index (χ0) is 41.0. The molecule has 6 heteroatoms. The topological polar surface area (TPSA) is 61.4 Å². The van der Waals surface area contributed by atoms with E-state index in [1.165, 1.54) is 21.5 Å². The van der Waals surface area contributed by atoms with Gasteiger partial charge in [-0.3, -0.25) is 0 Å². The molecule has 0 spiro atoms. The predicted molar refractivity (Wildman–Crippen MR) is 253 cm³/mol. The lowest BCUT2D eigenvalue weighted by Gasteiger charge is -2.13. The molecule has 0 saturated heterocycles. The van der Waals surface area contributed by atoms with E-state index in [0.717, 1.165) is 78.5 Å². The lowest BCUT2D eigenvalue weighted by Crippen LogP contribution is -2.02. The summed E-state index contributed by atoms with van der Waals surface area (Å²) in [6.07, 6.45) is 0. The van der Waals surface area contributed by atoms with E-state index in [9.17, 15) is 0 Å². The molecule has 0 atom stereocenters. The standard InChI is InChI=1S/C56H36N6/c1-3-17-37(18-4-1)47-35-49(39-21-15-23-41(33-39)61-51-29-11-7-25-43(51)44-26-8-12-30-52(44)61)59-55(57-47)56-58-48(38-19-5-2-6-20-38)36-50(60-56)40-22-16-24-42(34-40)62-53-31-13-9-27-45(53)46-28-10-14-32-54(46)62/h1-36H. The van der Waals surface area contributed by atoms with Crippen molar-refractivity contribution in [2.24, 2.45) is 0 Å². The third-order valence-corrected chi connectivity index (χ3v) is 11.8. The molecule has 12 aromatic rings. The van der Waals surface area contributed by atoms with E-state index in [-0.39, 0.29) is 0 Å². The van der Waals surface area contributed by atoms with Crippen LogP contribution in [0.15, 0.2) is 218 Å². The first-order chi connectivity index (χ1) is 30.7. The Hall–Kier alpha value is -8.48. The van der Waals surface area contributed by atoms with Crippen molar-refractivity contribution in [2.45, 2.75) is 0 Å². The second kappa shape index (κ2) is 14.7. The number of benzene rings is 8. The quantitative estimate of drug-likeness (QED) is 0.161. The first kappa shape index (κ1) is 35.5. The van der Waals surface area contributed by atoms with Crippen molar-refractivity contribution >= 4 is 43.6 Å². The van der Waals surface area contributed by atoms with Crippen LogP contribution >= 0.6 is 0 Å². The van der Waals surface area contributed by atoms with Crippen LogP contribution in [-0.2, 0) is 0 Å². The molecule has 0 N–H and O–H groups in total. The molecule has 62 heavy (non-hydrogen) atoms. The van der Waals surface area contributed by atoms with Crippen molar-refractivity contribution in [1.29, 1.82) is 0 Å². The molecule has 8 aromatic carbocycles. The lowest BCUT2D eigenvalue weighted by atomic mass is 10.1. The molecule has 0 fully saturated rings. The van der Waals surface area contributed by atoms with Crippen LogP contribution < -0.4 is 0 Å². The third-order valence-electron chi connectivity index (χ3n) is 11.8. The fourth-order valence-corrected chi connectivity index (χ4v) is 8.91. The number of hydrogen-bond donors (Lipinski definition) is 0. The molecule has 0 bridgehead atoms. The van der Waals surface area contributed by atoms with Gasteiger partial charge in [0.15, 0.2) is 11.6 Å². The molecule has 6 nitrogen and oxygen atoms in total. The van der Waals surface area contributed by atoms with Crippen LogP contribution in [0, 0.1) is 0 Å². The number of nitrogens with zero attached hydrogens (tertiary/aromatic N) is 6. The molecule has 4 aromatic heterocycles. The number of hydrogen-bond acceptors (Lipinski definition) is 4. The molecule has 0 aliphatic rings. The van der Waals surface area contributed by atoms with Gasteiger partial charge in [-0.2, -0.15) is 0 Å². The van der Waals surface area contributed by atoms with Gasteiger partial charge in [0.05, 0.1) is 44.8 Å². The fourth-order valence-electron chi connectivity index (χ4n) is 8.91. The van der Waals surface area contributed by atoms with Gasteiger partial charge in [0, 0.05) is 55.2 Å². The Balaban J connectivity index is 1.04. The molecular formula is C56H36N6. The molecule has 12 rings (SSSR count). The van der Waals surface area contributed by atoms with Crippen LogP contribution in [0.3, 0.4) is 0 Å². The van der Waals surface area contributed by atoms with E-state index in [0.29, 0.717) is 11.6 Å². The summed E-state index contributed by atoms with van der Waals surface area (Å²) >= 11 is 0. The summed E-state index contributed by atoms with van der Waals surface area (Å²) in [5, 5.41) is 4.87. The first-order valence-corrected chi connectivity index (χ1v) is 20.8. The van der Waals surface area contributed by atoms with Gasteiger partial charge in [-0.1, -0.05) is 158 Å². The Morgan fingerprint density at radius 1 is 0.242 bits per heavy atom. The van der Waals surface area contributed by atoms with Crippen LogP contribution in [0.1, 0.15) is 0 Å². The van der Waals surface area contributed by atoms with Gasteiger partial charge in [-0.25, -0.2) is 19.9 Å². The number of rotatable bonds is 7. The molecule has 4 heterocycles. The molecule has 0 aliphatic heterocycles. The van der Waals surface area contributed by atoms with Crippen LogP contribution in [0.5, 0.6) is 0 Å². The maximum Gasteiger partial charge on any atom is 0.198 e. The molecule has 0 radical (unpaired) electrons. The predicted octanol–water partition coefficient (Wildman–Crippen LogP) is 13.8. The molecule has 0 aliphatic carbocycles. The minimum Gasteiger partial charge on any atom is -0.309 e. The van der Waals surface area contributed by atoms with E-state index in [1.54, 1.807) is 0 Å². The van der Waals surface area contributed by atoms with Crippen molar-refractivity contribution < 1.29 is 0 Å². The molecule has 0 unspecified atom stereocenters. The number of aromatic nitrogens is 6. The van der Waals surface area contributed by atoms with E-state index in [2.05, 4.69) is 191 Å². The van der Waals surface area contributed by atoms with Crippen LogP contribution in [-0.4, -0.2) is 29.1 Å². The number of para-hydroxylation sites is 4. The van der Waals surface area contributed by atoms with E-state index in [4.69, 9.17) is 19.9 Å². The zero-order valence-electron chi connectivity index (χ0n) is 33.5. The summed E-state index contributed by atoms with van der Waals surface area (Å²) in [6, 6.07) is 76.2. The Bertz CT molecular complexity index is 3290. The summed E-state index contributed by atoms with van der Waals surface area (Å²) in [7, 11) is 0. The van der Waals surface area contributed by atoms with Gasteiger partial charge in [0.2, 0.25) is 0 Å². The summed E-state index contributed by atoms with van der Waals surface area (Å²) in [5.41, 5.74) is 13.7. The second-order valence-corrected chi connectivity index (χ2v) is 15.5. The maximum absolute atomic E-state index is 5.29. The normalized spacial score (nSPS) is 11.5. The SMILES string of the molecule is c1ccc(-c2cc(-c3cccc(-n4c5ccccc5c5ccccc54)c3)nc(-c3nc(-c4ccccc4)cc(-c4cccc(-n5c6ccccc6c6ccccc65)c4)n3)n2)cc1. The fraction of sp³-hybridized carbons (Fsp3) is 0. The lowest BCUT2D eigenvalue weighted by molar-refractivity contribution is 1.09. The van der Waals surface area contributed by atoms with Gasteiger partial charge < -0.3 is 9.13 Å². The van der Waals surface area contributed by atoms with E-state index >= 15 is 0 Å². The minimum absolute atomic E-state index is 0.446. The minimum atomic E-state index is 0.446. The highest BCUT2D eigenvalue weighted by molar-refractivity contribution is 6.10. The first-order valence-electron chi connectivity index (χ1n) is 20.8. The monoisotopic (exact) mass is 792 g/mol. The molecule has 0 amide bonds. The highest BCUT2D eigenvalue weighted by Gasteiger charge is 2.19. The average molecular weight is 793 g/mol. The largest absolute Gasteiger partial charge is 0.309 e. The van der Waals surface area contributed by atoms with Crippen LogP contribution in [0.4, 0.5) is 0 Å². The van der Waals surface area contributed by atoms with Crippen molar-refractivity contribution in [3.05, 3.63) is 218 Å². The van der Waals surface area contributed by atoms with Gasteiger partial charge in [-0.15, -0.1) is 0 Å². The molecule has 0 saturated carbocycles. The summed E-state index contributed by atoms with van der Waals surface area (Å²) in [6.45, 7) is 0. The maximum atomic E-state index is 5.29. The Kier molecular flexibility index (Phi) is 8.38. The third kappa shape index (κ3) is 6.04. The second-order valence-electron chi connectivity index (χ2n) is 15.5. The van der Waals surface area contributed by atoms with E-state index < -0.39 is 0 Å². The molecule has 290 valence electrons. The highest BCUT2D eigenvalue weighted by Crippen LogP contribution is 2.36. The smallest absolute Gasteiger partial charge is 0.198 e. The van der Waals surface area contributed by atoms with Crippen molar-refractivity contribution in [1.82, 2.24) is 29.1 Å². The summed E-state index contributed by atoms with van der Waals surface area (Å²) in [4.78, 5) is 21.0. The Labute approximate surface area is 357 Å².